The van der Waals surface area contributed by atoms with Gasteiger partial charge in [0.1, 0.15) is 11.4 Å². The van der Waals surface area contributed by atoms with Crippen molar-refractivity contribution in [2.45, 2.75) is 6.92 Å². The van der Waals surface area contributed by atoms with Gasteiger partial charge >= 0.3 is 0 Å². The van der Waals surface area contributed by atoms with Gasteiger partial charge in [-0.25, -0.2) is 9.40 Å². The number of ether oxygens (including phenoxy) is 2. The number of hydrazine groups is 1. The molecule has 6 nitrogen and oxygen atoms in total. The van der Waals surface area contributed by atoms with Crippen LogP contribution >= 0.6 is 15.9 Å². The van der Waals surface area contributed by atoms with Crippen molar-refractivity contribution in [2.75, 3.05) is 18.7 Å². The van der Waals surface area contributed by atoms with Gasteiger partial charge < -0.3 is 9.47 Å². The number of amides is 2. The number of halogens is 2. The largest absolute Gasteiger partial charge is 0.493 e. The first-order chi connectivity index (χ1) is 12.9. The summed E-state index contributed by atoms with van der Waals surface area (Å²) in [6.45, 7) is 2.32. The van der Waals surface area contributed by atoms with Gasteiger partial charge in [0.2, 0.25) is 0 Å². The number of rotatable bonds is 5. The molecule has 2 amide bonds. The maximum atomic E-state index is 13.1. The molecule has 1 heterocycles. The Morgan fingerprint density at radius 3 is 2.56 bits per heavy atom. The van der Waals surface area contributed by atoms with Gasteiger partial charge in [0, 0.05) is 0 Å². The Bertz CT molecular complexity index is 928. The second-order valence-electron chi connectivity index (χ2n) is 5.58. The first kappa shape index (κ1) is 18.9. The molecule has 0 spiro atoms. The van der Waals surface area contributed by atoms with E-state index in [9.17, 15) is 14.0 Å². The molecule has 0 aliphatic carbocycles. The fraction of sp³-hybridized carbons (Fsp3) is 0.158. The molecule has 2 aromatic carbocycles. The fourth-order valence-corrected chi connectivity index (χ4v) is 3.18. The molecule has 0 unspecified atom stereocenters. The van der Waals surface area contributed by atoms with Crippen molar-refractivity contribution in [3.63, 3.8) is 0 Å². The van der Waals surface area contributed by atoms with E-state index in [1.165, 1.54) is 37.5 Å². The number of nitrogens with zero attached hydrogens (tertiary/aromatic N) is 1. The average molecular weight is 435 g/mol. The maximum absolute atomic E-state index is 13.1. The smallest absolute Gasteiger partial charge is 0.282 e. The van der Waals surface area contributed by atoms with Gasteiger partial charge in [0.15, 0.2) is 11.5 Å². The van der Waals surface area contributed by atoms with E-state index >= 15 is 0 Å². The molecule has 1 aliphatic rings. The number of benzene rings is 2. The van der Waals surface area contributed by atoms with Crippen LogP contribution in [0.15, 0.2) is 46.4 Å². The van der Waals surface area contributed by atoms with Gasteiger partial charge in [-0.15, -0.1) is 0 Å². The molecule has 1 saturated heterocycles. The Morgan fingerprint density at radius 1 is 1.22 bits per heavy atom. The Kier molecular flexibility index (Phi) is 5.46. The number of hydrogen-bond donors (Lipinski definition) is 1. The highest BCUT2D eigenvalue weighted by molar-refractivity contribution is 9.10. The molecule has 0 radical (unpaired) electrons. The van der Waals surface area contributed by atoms with Crippen molar-refractivity contribution in [3.8, 4) is 11.5 Å². The number of nitrogens with one attached hydrogen (secondary N) is 1. The summed E-state index contributed by atoms with van der Waals surface area (Å²) in [4.78, 5) is 24.9. The van der Waals surface area contributed by atoms with Gasteiger partial charge in [0.25, 0.3) is 11.8 Å². The van der Waals surface area contributed by atoms with E-state index < -0.39 is 17.6 Å². The fourth-order valence-electron chi connectivity index (χ4n) is 2.60. The molecule has 1 N–H and O–H groups in total. The molecule has 0 saturated carbocycles. The Labute approximate surface area is 163 Å². The van der Waals surface area contributed by atoms with E-state index in [4.69, 9.17) is 9.47 Å². The van der Waals surface area contributed by atoms with E-state index in [-0.39, 0.29) is 5.57 Å². The minimum Gasteiger partial charge on any atom is -0.493 e. The number of hydrogen-bond acceptors (Lipinski definition) is 4. The Balaban J connectivity index is 1.95. The predicted octanol–water partition coefficient (Wildman–Crippen LogP) is 3.46. The van der Waals surface area contributed by atoms with E-state index in [0.29, 0.717) is 33.8 Å². The van der Waals surface area contributed by atoms with Crippen molar-refractivity contribution >= 4 is 39.5 Å². The van der Waals surface area contributed by atoms with E-state index in [2.05, 4.69) is 21.4 Å². The third kappa shape index (κ3) is 3.80. The lowest BCUT2D eigenvalue weighted by atomic mass is 10.1. The minimum atomic E-state index is -0.548. The van der Waals surface area contributed by atoms with Crippen molar-refractivity contribution in [3.05, 3.63) is 57.8 Å². The highest BCUT2D eigenvalue weighted by atomic mass is 79.9. The lowest BCUT2D eigenvalue weighted by Gasteiger charge is -2.14. The van der Waals surface area contributed by atoms with Gasteiger partial charge in [-0.1, -0.05) is 0 Å². The lowest BCUT2D eigenvalue weighted by Crippen LogP contribution is -2.35. The van der Waals surface area contributed by atoms with E-state index in [1.54, 1.807) is 12.1 Å². The second-order valence-corrected chi connectivity index (χ2v) is 6.44. The molecule has 3 rings (SSSR count). The molecule has 27 heavy (non-hydrogen) atoms. The van der Waals surface area contributed by atoms with Crippen LogP contribution in [-0.4, -0.2) is 25.5 Å². The number of anilines is 1. The molecule has 0 bridgehead atoms. The van der Waals surface area contributed by atoms with Crippen LogP contribution in [0.25, 0.3) is 6.08 Å². The highest BCUT2D eigenvalue weighted by Crippen LogP contribution is 2.37. The molecule has 1 fully saturated rings. The molecule has 0 atom stereocenters. The highest BCUT2D eigenvalue weighted by Gasteiger charge is 2.34. The third-order valence-corrected chi connectivity index (χ3v) is 4.42. The summed E-state index contributed by atoms with van der Waals surface area (Å²) in [5.41, 5.74) is 3.38. The van der Waals surface area contributed by atoms with Gasteiger partial charge in [-0.3, -0.25) is 15.0 Å². The normalized spacial score (nSPS) is 15.3. The summed E-state index contributed by atoms with van der Waals surface area (Å²) >= 11 is 3.41. The Morgan fingerprint density at radius 2 is 1.93 bits per heavy atom. The van der Waals surface area contributed by atoms with Crippen LogP contribution in [0, 0.1) is 5.82 Å². The van der Waals surface area contributed by atoms with Crippen LogP contribution in [0.4, 0.5) is 10.1 Å². The maximum Gasteiger partial charge on any atom is 0.282 e. The van der Waals surface area contributed by atoms with Crippen LogP contribution < -0.4 is 19.9 Å². The molecule has 0 aromatic heterocycles. The standard InChI is InChI=1S/C19H16BrFN2O4/c1-3-27-17-15(20)9-11(10-16(17)26-2)8-14-18(24)22-23(19(14)25)13-6-4-12(21)5-7-13/h4-10H,3H2,1-2H3,(H,22,24)/b14-8-. The summed E-state index contributed by atoms with van der Waals surface area (Å²) in [5, 5.41) is 1.08. The summed E-state index contributed by atoms with van der Waals surface area (Å²) in [6.07, 6.45) is 1.46. The average Bonchev–Trinajstić information content (AvgIpc) is 2.92. The summed E-state index contributed by atoms with van der Waals surface area (Å²) in [7, 11) is 1.50. The van der Waals surface area contributed by atoms with Gasteiger partial charge in [-0.05, 0) is 70.9 Å². The topological polar surface area (TPSA) is 67.9 Å². The molecule has 1 aliphatic heterocycles. The summed E-state index contributed by atoms with van der Waals surface area (Å²) in [5.74, 6) is -0.501. The van der Waals surface area contributed by atoms with Crippen molar-refractivity contribution in [1.29, 1.82) is 0 Å². The third-order valence-electron chi connectivity index (χ3n) is 3.83. The quantitative estimate of drug-likeness (QED) is 0.577. The molecule has 140 valence electrons. The molecule has 2 aromatic rings. The van der Waals surface area contributed by atoms with Crippen LogP contribution in [0.5, 0.6) is 11.5 Å². The molecular weight excluding hydrogens is 419 g/mol. The first-order valence-electron chi connectivity index (χ1n) is 8.07. The van der Waals surface area contributed by atoms with Gasteiger partial charge in [-0.2, -0.15) is 0 Å². The van der Waals surface area contributed by atoms with E-state index in [0.717, 1.165) is 5.01 Å². The zero-order valence-electron chi connectivity index (χ0n) is 14.6. The van der Waals surface area contributed by atoms with E-state index in [1.807, 2.05) is 6.92 Å². The van der Waals surface area contributed by atoms with Crippen LogP contribution in [0.1, 0.15) is 12.5 Å². The number of methoxy groups -OCH3 is 1. The number of carbonyl (C=O) groups is 2. The monoisotopic (exact) mass is 434 g/mol. The Hall–Kier alpha value is -2.87. The second kappa shape index (κ2) is 7.79. The van der Waals surface area contributed by atoms with Crippen molar-refractivity contribution in [2.24, 2.45) is 0 Å². The van der Waals surface area contributed by atoms with Gasteiger partial charge in [0.05, 0.1) is 23.9 Å². The number of carbonyl (C=O) groups excluding carboxylic acids is 2. The van der Waals surface area contributed by atoms with Crippen molar-refractivity contribution in [1.82, 2.24) is 5.43 Å². The predicted molar refractivity (Wildman–Crippen MR) is 102 cm³/mol. The first-order valence-corrected chi connectivity index (χ1v) is 8.87. The summed E-state index contributed by atoms with van der Waals surface area (Å²) < 4.78 is 24.6. The molecule has 8 heteroatoms. The summed E-state index contributed by atoms with van der Waals surface area (Å²) in [6, 6.07) is 8.64. The van der Waals surface area contributed by atoms with Crippen molar-refractivity contribution < 1.29 is 23.5 Å². The zero-order valence-corrected chi connectivity index (χ0v) is 16.2. The lowest BCUT2D eigenvalue weighted by molar-refractivity contribution is -0.117. The van der Waals surface area contributed by atoms with Crippen LogP contribution in [-0.2, 0) is 9.59 Å². The zero-order chi connectivity index (χ0) is 19.6. The van der Waals surface area contributed by atoms with Crippen LogP contribution in [0.3, 0.4) is 0 Å². The minimum absolute atomic E-state index is 0.0440. The SMILES string of the molecule is CCOc1c(Br)cc(/C=C2/C(=O)NN(c3ccc(F)cc3)C2=O)cc1OC. The van der Waals surface area contributed by atoms with Crippen LogP contribution in [0.2, 0.25) is 0 Å². The molecular formula is C19H16BrFN2O4.